The largest absolute Gasteiger partial charge is 0.481 e. The molecule has 10 heteroatoms. The Balaban J connectivity index is 1.37. The Morgan fingerprint density at radius 1 is 0.771 bits per heavy atom. The number of carbonyl (C=O) groups is 4. The standard InChI is InChI=1S/C38H41N5O5/c1-26-12-14-29(15-13-26)32(25-36(45)46)40-37(47)30-16-17-34(33(24-30)41-38(48)39-31-11-6-8-27(2)22-31)42-18-7-19-43(21-20-42)35(44)23-28-9-4-3-5-10-28/h3-6,8-17,22,24,32H,7,18-21,23,25H2,1-2H3,(H,40,47)(H,45,46)(H2,39,41,48). The third-order valence-electron chi connectivity index (χ3n) is 8.33. The van der Waals surface area contributed by atoms with Gasteiger partial charge in [0.1, 0.15) is 0 Å². The van der Waals surface area contributed by atoms with E-state index in [4.69, 9.17) is 0 Å². The van der Waals surface area contributed by atoms with Gasteiger partial charge in [0.2, 0.25) is 5.91 Å². The van der Waals surface area contributed by atoms with Gasteiger partial charge in [0.05, 0.1) is 30.3 Å². The Kier molecular flexibility index (Phi) is 11.1. The molecule has 4 aromatic carbocycles. The predicted octanol–water partition coefficient (Wildman–Crippen LogP) is 6.17. The van der Waals surface area contributed by atoms with Gasteiger partial charge in [-0.05, 0) is 67.3 Å². The Bertz CT molecular complexity index is 1760. The fourth-order valence-corrected chi connectivity index (χ4v) is 5.82. The van der Waals surface area contributed by atoms with Crippen LogP contribution in [0.4, 0.5) is 21.9 Å². The minimum atomic E-state index is -1.04. The van der Waals surface area contributed by atoms with Crippen LogP contribution in [0, 0.1) is 13.8 Å². The number of nitrogens with zero attached hydrogens (tertiary/aromatic N) is 2. The van der Waals surface area contributed by atoms with Crippen LogP contribution in [0.5, 0.6) is 0 Å². The maximum absolute atomic E-state index is 13.6. The van der Waals surface area contributed by atoms with Crippen LogP contribution in [0.3, 0.4) is 0 Å². The average molecular weight is 648 g/mol. The second-order valence-electron chi connectivity index (χ2n) is 12.1. The van der Waals surface area contributed by atoms with E-state index in [1.54, 1.807) is 24.3 Å². The zero-order chi connectivity index (χ0) is 34.0. The van der Waals surface area contributed by atoms with Gasteiger partial charge >= 0.3 is 12.0 Å². The molecule has 0 radical (unpaired) electrons. The zero-order valence-electron chi connectivity index (χ0n) is 27.2. The van der Waals surface area contributed by atoms with Crippen molar-refractivity contribution in [1.82, 2.24) is 10.2 Å². The number of anilines is 3. The Morgan fingerprint density at radius 3 is 2.27 bits per heavy atom. The quantitative estimate of drug-likeness (QED) is 0.163. The normalized spacial score (nSPS) is 13.6. The predicted molar refractivity (Wildman–Crippen MR) is 187 cm³/mol. The lowest BCUT2D eigenvalue weighted by molar-refractivity contribution is -0.137. The molecule has 1 atom stereocenters. The van der Waals surface area contributed by atoms with Gasteiger partial charge in [-0.3, -0.25) is 14.4 Å². The van der Waals surface area contributed by atoms with Crippen LogP contribution in [0.15, 0.2) is 97.1 Å². The molecule has 0 saturated carbocycles. The number of hydrogen-bond donors (Lipinski definition) is 4. The maximum Gasteiger partial charge on any atom is 0.323 e. The van der Waals surface area contributed by atoms with E-state index in [1.807, 2.05) is 91.5 Å². The van der Waals surface area contributed by atoms with E-state index in [-0.39, 0.29) is 17.9 Å². The molecule has 1 unspecified atom stereocenters. The SMILES string of the molecule is Cc1ccc(C(CC(=O)O)NC(=O)c2ccc(N3CCCN(C(=O)Cc4ccccc4)CC3)c(NC(=O)Nc3cccc(C)c3)c2)cc1. The van der Waals surface area contributed by atoms with Crippen LogP contribution in [0.25, 0.3) is 0 Å². The molecule has 1 heterocycles. The lowest BCUT2D eigenvalue weighted by Crippen LogP contribution is -2.36. The summed E-state index contributed by atoms with van der Waals surface area (Å²) in [4.78, 5) is 55.6. The molecule has 1 fully saturated rings. The van der Waals surface area contributed by atoms with Crippen molar-refractivity contribution in [2.45, 2.75) is 39.2 Å². The van der Waals surface area contributed by atoms with Crippen molar-refractivity contribution in [3.63, 3.8) is 0 Å². The number of amides is 4. The zero-order valence-corrected chi connectivity index (χ0v) is 27.2. The molecular formula is C38H41N5O5. The van der Waals surface area contributed by atoms with E-state index in [1.165, 1.54) is 0 Å². The van der Waals surface area contributed by atoms with Gasteiger partial charge in [0, 0.05) is 37.4 Å². The first-order chi connectivity index (χ1) is 23.1. The molecule has 248 valence electrons. The minimum absolute atomic E-state index is 0.0652. The maximum atomic E-state index is 13.6. The van der Waals surface area contributed by atoms with Crippen LogP contribution < -0.4 is 20.9 Å². The van der Waals surface area contributed by atoms with Crippen LogP contribution >= 0.6 is 0 Å². The van der Waals surface area contributed by atoms with Gasteiger partial charge < -0.3 is 30.9 Å². The summed E-state index contributed by atoms with van der Waals surface area (Å²) in [5.41, 5.74) is 5.68. The number of hydrogen-bond acceptors (Lipinski definition) is 5. The average Bonchev–Trinajstić information content (AvgIpc) is 3.31. The number of carboxylic acid groups (broad SMARTS) is 1. The van der Waals surface area contributed by atoms with Crippen LogP contribution in [-0.2, 0) is 16.0 Å². The molecular weight excluding hydrogens is 606 g/mol. The second kappa shape index (κ2) is 15.8. The first-order valence-corrected chi connectivity index (χ1v) is 16.1. The molecule has 48 heavy (non-hydrogen) atoms. The smallest absolute Gasteiger partial charge is 0.323 e. The number of rotatable bonds is 10. The van der Waals surface area contributed by atoms with Crippen molar-refractivity contribution >= 4 is 40.9 Å². The van der Waals surface area contributed by atoms with Crippen molar-refractivity contribution in [3.05, 3.63) is 125 Å². The summed E-state index contributed by atoms with van der Waals surface area (Å²) < 4.78 is 0. The topological polar surface area (TPSA) is 131 Å². The fraction of sp³-hybridized carbons (Fsp3) is 0.263. The highest BCUT2D eigenvalue weighted by molar-refractivity contribution is 6.04. The molecule has 0 aliphatic carbocycles. The molecule has 5 rings (SSSR count). The van der Waals surface area contributed by atoms with Crippen LogP contribution in [0.1, 0.15) is 51.5 Å². The highest BCUT2D eigenvalue weighted by Crippen LogP contribution is 2.30. The summed E-state index contributed by atoms with van der Waals surface area (Å²) in [7, 11) is 0. The summed E-state index contributed by atoms with van der Waals surface area (Å²) in [6, 6.07) is 28.3. The number of aryl methyl sites for hydroxylation is 2. The molecule has 1 aliphatic rings. The van der Waals surface area contributed by atoms with Gasteiger partial charge in [0.15, 0.2) is 0 Å². The van der Waals surface area contributed by atoms with E-state index in [0.717, 1.165) is 23.1 Å². The van der Waals surface area contributed by atoms with Crippen molar-refractivity contribution in [2.75, 3.05) is 41.7 Å². The van der Waals surface area contributed by atoms with Crippen molar-refractivity contribution in [1.29, 1.82) is 0 Å². The van der Waals surface area contributed by atoms with Crippen LogP contribution in [0.2, 0.25) is 0 Å². The number of urea groups is 1. The number of benzene rings is 4. The number of nitrogens with one attached hydrogen (secondary N) is 3. The number of carboxylic acids is 1. The summed E-state index contributed by atoms with van der Waals surface area (Å²) in [5, 5.41) is 18.2. The van der Waals surface area contributed by atoms with Gasteiger partial charge in [-0.2, -0.15) is 0 Å². The monoisotopic (exact) mass is 647 g/mol. The van der Waals surface area contributed by atoms with Gasteiger partial charge in [0.25, 0.3) is 5.91 Å². The summed E-state index contributed by atoms with van der Waals surface area (Å²) >= 11 is 0. The lowest BCUT2D eigenvalue weighted by atomic mass is 10.0. The first kappa shape index (κ1) is 33.7. The van der Waals surface area contributed by atoms with E-state index >= 15 is 0 Å². The highest BCUT2D eigenvalue weighted by Gasteiger charge is 2.24. The van der Waals surface area contributed by atoms with Gasteiger partial charge in [-0.25, -0.2) is 4.79 Å². The van der Waals surface area contributed by atoms with Gasteiger partial charge in [-0.15, -0.1) is 0 Å². The molecule has 1 aliphatic heterocycles. The number of carbonyl (C=O) groups excluding carboxylic acids is 3. The summed E-state index contributed by atoms with van der Waals surface area (Å²) in [5.74, 6) is -1.44. The second-order valence-corrected chi connectivity index (χ2v) is 12.1. The van der Waals surface area contributed by atoms with Crippen molar-refractivity contribution in [2.24, 2.45) is 0 Å². The Labute approximate surface area is 280 Å². The molecule has 0 aromatic heterocycles. The fourth-order valence-electron chi connectivity index (χ4n) is 5.82. The lowest BCUT2D eigenvalue weighted by Gasteiger charge is -2.27. The molecule has 1 saturated heterocycles. The first-order valence-electron chi connectivity index (χ1n) is 16.1. The van der Waals surface area contributed by atoms with Crippen molar-refractivity contribution in [3.8, 4) is 0 Å². The van der Waals surface area contributed by atoms with Crippen molar-refractivity contribution < 1.29 is 24.3 Å². The Morgan fingerprint density at radius 2 is 1.54 bits per heavy atom. The summed E-state index contributed by atoms with van der Waals surface area (Å²) in [6.45, 7) is 6.17. The Hall–Kier alpha value is -5.64. The van der Waals surface area contributed by atoms with E-state index in [2.05, 4.69) is 20.9 Å². The van der Waals surface area contributed by atoms with E-state index in [0.29, 0.717) is 55.2 Å². The van der Waals surface area contributed by atoms with Gasteiger partial charge in [-0.1, -0.05) is 72.3 Å². The van der Waals surface area contributed by atoms with E-state index < -0.39 is 23.9 Å². The molecule has 0 bridgehead atoms. The third-order valence-corrected chi connectivity index (χ3v) is 8.33. The summed E-state index contributed by atoms with van der Waals surface area (Å²) in [6.07, 6.45) is 0.775. The highest BCUT2D eigenvalue weighted by atomic mass is 16.4. The molecule has 4 aromatic rings. The third kappa shape index (κ3) is 9.22. The molecule has 10 nitrogen and oxygen atoms in total. The molecule has 0 spiro atoms. The van der Waals surface area contributed by atoms with E-state index in [9.17, 15) is 24.3 Å². The molecule has 4 amide bonds. The van der Waals surface area contributed by atoms with Crippen LogP contribution in [-0.4, -0.2) is 60.0 Å². The number of aliphatic carboxylic acids is 1. The molecule has 4 N–H and O–H groups in total. The minimum Gasteiger partial charge on any atom is -0.481 e.